The highest BCUT2D eigenvalue weighted by Crippen LogP contribution is 2.25. The van der Waals surface area contributed by atoms with Crippen molar-refractivity contribution in [2.75, 3.05) is 6.61 Å². The Balaban J connectivity index is 1.69. The van der Waals surface area contributed by atoms with Crippen LogP contribution in [0.1, 0.15) is 43.4 Å². The average molecular weight is 374 g/mol. The molecule has 0 radical (unpaired) electrons. The van der Waals surface area contributed by atoms with Gasteiger partial charge in [-0.1, -0.05) is 43.0 Å². The molecule has 1 aromatic carbocycles. The van der Waals surface area contributed by atoms with Gasteiger partial charge in [-0.2, -0.15) is 4.98 Å². The molecule has 1 aromatic heterocycles. The lowest BCUT2D eigenvalue weighted by atomic mass is 9.95. The molecule has 0 unspecified atom stereocenters. The average Bonchev–Trinajstić information content (AvgIpc) is 2.63. The minimum atomic E-state index is -0.100. The summed E-state index contributed by atoms with van der Waals surface area (Å²) in [6.07, 6.45) is 5.72. The van der Waals surface area contributed by atoms with Gasteiger partial charge in [0.25, 0.3) is 5.91 Å². The Morgan fingerprint density at radius 3 is 2.73 bits per heavy atom. The molecular formula is C20H24ClN3O2. The quantitative estimate of drug-likeness (QED) is 0.851. The van der Waals surface area contributed by atoms with Gasteiger partial charge < -0.3 is 10.1 Å². The Bertz CT molecular complexity index is 789. The van der Waals surface area contributed by atoms with Crippen LogP contribution in [0.2, 0.25) is 5.02 Å². The number of halogens is 1. The van der Waals surface area contributed by atoms with Gasteiger partial charge in [-0.05, 0) is 38.8 Å². The summed E-state index contributed by atoms with van der Waals surface area (Å²) in [7, 11) is 0. The van der Waals surface area contributed by atoms with Crippen LogP contribution in [-0.2, 0) is 4.79 Å². The van der Waals surface area contributed by atoms with E-state index in [4.69, 9.17) is 16.3 Å². The molecule has 0 bridgehead atoms. The van der Waals surface area contributed by atoms with Crippen LogP contribution in [0.25, 0.3) is 11.4 Å². The van der Waals surface area contributed by atoms with E-state index in [1.54, 1.807) is 6.07 Å². The van der Waals surface area contributed by atoms with E-state index in [0.717, 1.165) is 29.7 Å². The first-order valence-corrected chi connectivity index (χ1v) is 9.44. The lowest BCUT2D eigenvalue weighted by Crippen LogP contribution is -2.39. The van der Waals surface area contributed by atoms with Gasteiger partial charge in [-0.15, -0.1) is 0 Å². The Hall–Kier alpha value is -2.14. The second-order valence-electron chi connectivity index (χ2n) is 6.76. The highest BCUT2D eigenvalue weighted by Gasteiger charge is 2.17. The van der Waals surface area contributed by atoms with Crippen molar-refractivity contribution in [1.82, 2.24) is 15.3 Å². The summed E-state index contributed by atoms with van der Waals surface area (Å²) in [5.41, 5.74) is 2.47. The van der Waals surface area contributed by atoms with Crippen LogP contribution >= 0.6 is 11.6 Å². The van der Waals surface area contributed by atoms with Crippen LogP contribution < -0.4 is 10.1 Å². The number of hydrogen-bond donors (Lipinski definition) is 1. The third kappa shape index (κ3) is 4.73. The van der Waals surface area contributed by atoms with Crippen LogP contribution in [0.3, 0.4) is 0 Å². The molecule has 1 aliphatic carbocycles. The van der Waals surface area contributed by atoms with Crippen LogP contribution in [0.4, 0.5) is 0 Å². The SMILES string of the molecule is Cc1nc(-c2cccc(Cl)c2)nc(OCC(=O)NC2CCCCC2)c1C. The van der Waals surface area contributed by atoms with Crippen molar-refractivity contribution < 1.29 is 9.53 Å². The molecule has 138 valence electrons. The van der Waals surface area contributed by atoms with E-state index in [-0.39, 0.29) is 18.6 Å². The molecule has 0 atom stereocenters. The maximum Gasteiger partial charge on any atom is 0.258 e. The molecule has 2 aromatic rings. The number of nitrogens with zero attached hydrogens (tertiary/aromatic N) is 2. The monoisotopic (exact) mass is 373 g/mol. The molecule has 1 N–H and O–H groups in total. The number of rotatable bonds is 5. The standard InChI is InChI=1S/C20H24ClN3O2/c1-13-14(2)22-19(15-7-6-8-16(21)11-15)24-20(13)26-12-18(25)23-17-9-4-3-5-10-17/h6-8,11,17H,3-5,9-10,12H2,1-2H3,(H,23,25). The van der Waals surface area contributed by atoms with E-state index in [9.17, 15) is 4.79 Å². The second-order valence-corrected chi connectivity index (χ2v) is 7.20. The van der Waals surface area contributed by atoms with Crippen molar-refractivity contribution in [2.24, 2.45) is 0 Å². The molecule has 0 saturated heterocycles. The van der Waals surface area contributed by atoms with E-state index in [1.165, 1.54) is 19.3 Å². The number of amides is 1. The van der Waals surface area contributed by atoms with Gasteiger partial charge >= 0.3 is 0 Å². The van der Waals surface area contributed by atoms with Gasteiger partial charge in [0.1, 0.15) is 0 Å². The predicted octanol–water partition coefficient (Wildman–Crippen LogP) is 4.24. The normalized spacial score (nSPS) is 14.9. The van der Waals surface area contributed by atoms with Crippen molar-refractivity contribution in [3.8, 4) is 17.3 Å². The first-order valence-electron chi connectivity index (χ1n) is 9.06. The fraction of sp³-hybridized carbons (Fsp3) is 0.450. The highest BCUT2D eigenvalue weighted by molar-refractivity contribution is 6.30. The van der Waals surface area contributed by atoms with E-state index >= 15 is 0 Å². The smallest absolute Gasteiger partial charge is 0.258 e. The van der Waals surface area contributed by atoms with E-state index in [2.05, 4.69) is 15.3 Å². The second kappa shape index (κ2) is 8.49. The number of aryl methyl sites for hydroxylation is 1. The number of hydrogen-bond acceptors (Lipinski definition) is 4. The first kappa shape index (κ1) is 18.6. The molecule has 6 heteroatoms. The molecular weight excluding hydrogens is 350 g/mol. The maximum absolute atomic E-state index is 12.2. The van der Waals surface area contributed by atoms with Crippen molar-refractivity contribution in [3.63, 3.8) is 0 Å². The Labute approximate surface area is 159 Å². The third-order valence-corrected chi connectivity index (χ3v) is 4.97. The summed E-state index contributed by atoms with van der Waals surface area (Å²) >= 11 is 6.06. The topological polar surface area (TPSA) is 64.1 Å². The molecule has 3 rings (SSSR count). The zero-order valence-corrected chi connectivity index (χ0v) is 16.0. The molecule has 1 amide bonds. The van der Waals surface area contributed by atoms with Crippen molar-refractivity contribution >= 4 is 17.5 Å². The van der Waals surface area contributed by atoms with Crippen LogP contribution in [0.5, 0.6) is 5.88 Å². The third-order valence-electron chi connectivity index (χ3n) is 4.74. The zero-order valence-electron chi connectivity index (χ0n) is 15.2. The van der Waals surface area contributed by atoms with Crippen molar-refractivity contribution in [2.45, 2.75) is 52.0 Å². The van der Waals surface area contributed by atoms with Gasteiger partial charge in [-0.3, -0.25) is 4.79 Å². The fourth-order valence-corrected chi connectivity index (χ4v) is 3.34. The van der Waals surface area contributed by atoms with Gasteiger partial charge in [0.15, 0.2) is 12.4 Å². The van der Waals surface area contributed by atoms with Crippen LogP contribution in [-0.4, -0.2) is 28.5 Å². The van der Waals surface area contributed by atoms with E-state index < -0.39 is 0 Å². The van der Waals surface area contributed by atoms with Gasteiger partial charge in [-0.25, -0.2) is 4.98 Å². The summed E-state index contributed by atoms with van der Waals surface area (Å²) in [6, 6.07) is 7.64. The molecule has 5 nitrogen and oxygen atoms in total. The van der Waals surface area contributed by atoms with Gasteiger partial charge in [0.2, 0.25) is 5.88 Å². The number of carbonyl (C=O) groups excluding carboxylic acids is 1. The molecule has 1 aliphatic rings. The van der Waals surface area contributed by atoms with Crippen molar-refractivity contribution in [3.05, 3.63) is 40.5 Å². The Kier molecular flexibility index (Phi) is 6.09. The lowest BCUT2D eigenvalue weighted by Gasteiger charge is -2.22. The first-order chi connectivity index (χ1) is 12.5. The Morgan fingerprint density at radius 2 is 2.00 bits per heavy atom. The summed E-state index contributed by atoms with van der Waals surface area (Å²) in [5.74, 6) is 0.876. The van der Waals surface area contributed by atoms with Crippen LogP contribution in [0, 0.1) is 13.8 Å². The predicted molar refractivity (Wildman–Crippen MR) is 102 cm³/mol. The van der Waals surface area contributed by atoms with E-state index in [0.29, 0.717) is 16.7 Å². The van der Waals surface area contributed by atoms with E-state index in [1.807, 2.05) is 32.0 Å². The molecule has 1 saturated carbocycles. The van der Waals surface area contributed by atoms with Gasteiger partial charge in [0, 0.05) is 27.9 Å². The summed E-state index contributed by atoms with van der Waals surface area (Å²) in [5, 5.41) is 3.68. The summed E-state index contributed by atoms with van der Waals surface area (Å²) in [4.78, 5) is 21.2. The fourth-order valence-electron chi connectivity index (χ4n) is 3.15. The molecule has 0 spiro atoms. The molecule has 26 heavy (non-hydrogen) atoms. The minimum absolute atomic E-state index is 0.0389. The Morgan fingerprint density at radius 1 is 1.23 bits per heavy atom. The van der Waals surface area contributed by atoms with Crippen LogP contribution in [0.15, 0.2) is 24.3 Å². The number of benzene rings is 1. The summed E-state index contributed by atoms with van der Waals surface area (Å²) in [6.45, 7) is 3.76. The zero-order chi connectivity index (χ0) is 18.5. The number of nitrogens with one attached hydrogen (secondary N) is 1. The number of carbonyl (C=O) groups is 1. The molecule has 0 aliphatic heterocycles. The number of aromatic nitrogens is 2. The largest absolute Gasteiger partial charge is 0.467 e. The molecule has 1 fully saturated rings. The minimum Gasteiger partial charge on any atom is -0.467 e. The number of ether oxygens (including phenoxy) is 1. The van der Waals surface area contributed by atoms with Crippen molar-refractivity contribution in [1.29, 1.82) is 0 Å². The maximum atomic E-state index is 12.2. The summed E-state index contributed by atoms with van der Waals surface area (Å²) < 4.78 is 5.72. The molecule has 1 heterocycles. The highest BCUT2D eigenvalue weighted by atomic mass is 35.5. The van der Waals surface area contributed by atoms with Gasteiger partial charge in [0.05, 0.1) is 0 Å². The lowest BCUT2D eigenvalue weighted by molar-refractivity contribution is -0.124.